The summed E-state index contributed by atoms with van der Waals surface area (Å²) in [7, 11) is 0. The molecule has 0 spiro atoms. The molecule has 1 fully saturated rings. The molecule has 0 aliphatic carbocycles. The highest BCUT2D eigenvalue weighted by Crippen LogP contribution is 2.23. The Balaban J connectivity index is 1.54. The topological polar surface area (TPSA) is 54.3 Å². The Kier molecular flexibility index (Phi) is 4.56. The van der Waals surface area contributed by atoms with Crippen LogP contribution in [0.3, 0.4) is 0 Å². The summed E-state index contributed by atoms with van der Waals surface area (Å²) in [5, 5.41) is 0.681. The minimum absolute atomic E-state index is 0.0272. The lowest BCUT2D eigenvalue weighted by Crippen LogP contribution is -2.46. The Labute approximate surface area is 159 Å². The van der Waals surface area contributed by atoms with E-state index in [2.05, 4.69) is 31.9 Å². The Bertz CT molecular complexity index is 1020. The third kappa shape index (κ3) is 3.39. The fraction of sp³-hybridized carbons (Fsp3) is 0.381. The molecule has 140 valence electrons. The number of hydrogen-bond acceptors (Lipinski definition) is 5. The zero-order valence-electron chi connectivity index (χ0n) is 16.1. The first-order chi connectivity index (χ1) is 13.0. The monoisotopic (exact) mass is 363 g/mol. The predicted octanol–water partition coefficient (Wildman–Crippen LogP) is 3.01. The van der Waals surface area contributed by atoms with Crippen molar-refractivity contribution in [2.75, 3.05) is 36.0 Å². The normalized spacial score (nSPS) is 15.0. The third-order valence-electron chi connectivity index (χ3n) is 5.21. The number of benzene rings is 1. The van der Waals surface area contributed by atoms with E-state index in [9.17, 15) is 4.79 Å². The van der Waals surface area contributed by atoms with E-state index in [1.807, 2.05) is 45.2 Å². The van der Waals surface area contributed by atoms with Gasteiger partial charge in [0.05, 0.1) is 17.2 Å². The number of hydrogen-bond donors (Lipinski definition) is 0. The van der Waals surface area contributed by atoms with Crippen LogP contribution in [0.25, 0.3) is 10.9 Å². The lowest BCUT2D eigenvalue weighted by atomic mass is 10.1. The maximum Gasteiger partial charge on any atom is 0.261 e. The molecule has 4 rings (SSSR count). The number of aryl methyl sites for hydroxylation is 1. The van der Waals surface area contributed by atoms with Crippen molar-refractivity contribution in [3.05, 3.63) is 58.9 Å². The molecule has 0 bridgehead atoms. The second-order valence-corrected chi connectivity index (χ2v) is 7.38. The molecule has 6 heteroatoms. The van der Waals surface area contributed by atoms with Crippen LogP contribution in [0.4, 0.5) is 11.4 Å². The van der Waals surface area contributed by atoms with Gasteiger partial charge < -0.3 is 9.80 Å². The molecular formula is C21H25N5O. The van der Waals surface area contributed by atoms with Gasteiger partial charge in [0.1, 0.15) is 0 Å². The van der Waals surface area contributed by atoms with Crippen molar-refractivity contribution in [3.8, 4) is 0 Å². The molecule has 0 radical (unpaired) electrons. The molecule has 0 unspecified atom stereocenters. The van der Waals surface area contributed by atoms with Gasteiger partial charge in [-0.05, 0) is 51.1 Å². The molecule has 1 aliphatic rings. The van der Waals surface area contributed by atoms with Crippen molar-refractivity contribution >= 4 is 22.3 Å². The number of nitrogens with zero attached hydrogens (tertiary/aromatic N) is 5. The van der Waals surface area contributed by atoms with Crippen LogP contribution in [0.2, 0.25) is 0 Å². The molecule has 3 heterocycles. The Hall–Kier alpha value is -2.89. The highest BCUT2D eigenvalue weighted by Gasteiger charge is 2.18. The van der Waals surface area contributed by atoms with Crippen molar-refractivity contribution in [2.24, 2.45) is 0 Å². The number of pyridine rings is 1. The number of rotatable bonds is 3. The number of fused-ring (bicyclic) bond motifs is 1. The first-order valence-electron chi connectivity index (χ1n) is 9.46. The van der Waals surface area contributed by atoms with E-state index in [0.29, 0.717) is 5.39 Å². The van der Waals surface area contributed by atoms with Crippen molar-refractivity contribution in [2.45, 2.75) is 26.8 Å². The lowest BCUT2D eigenvalue weighted by molar-refractivity contribution is 0.573. The SMILES string of the molecule is Cc1cc(N2CCN(c3ccc4c(=O)n(C(C)C)cnc4c3)CC2)ccn1. The molecule has 3 aromatic rings. The maximum absolute atomic E-state index is 12.6. The number of aromatic nitrogens is 3. The molecule has 0 saturated carbocycles. The molecule has 6 nitrogen and oxygen atoms in total. The fourth-order valence-corrected chi connectivity index (χ4v) is 3.64. The zero-order valence-corrected chi connectivity index (χ0v) is 16.1. The van der Waals surface area contributed by atoms with Crippen molar-refractivity contribution in [1.82, 2.24) is 14.5 Å². The van der Waals surface area contributed by atoms with Crippen LogP contribution in [0.15, 0.2) is 47.7 Å². The van der Waals surface area contributed by atoms with Gasteiger partial charge in [-0.2, -0.15) is 0 Å². The first-order valence-corrected chi connectivity index (χ1v) is 9.46. The standard InChI is InChI=1S/C21H25N5O/c1-15(2)26-14-23-20-13-17(4-5-19(20)21(26)27)24-8-10-25(11-9-24)18-6-7-22-16(3)12-18/h4-7,12-15H,8-11H2,1-3H3. The fourth-order valence-electron chi connectivity index (χ4n) is 3.64. The smallest absolute Gasteiger partial charge is 0.261 e. The highest BCUT2D eigenvalue weighted by molar-refractivity contribution is 5.81. The lowest BCUT2D eigenvalue weighted by Gasteiger charge is -2.37. The van der Waals surface area contributed by atoms with Gasteiger partial charge in [-0.1, -0.05) is 0 Å². The molecular weight excluding hydrogens is 338 g/mol. The number of anilines is 2. The van der Waals surface area contributed by atoms with E-state index in [0.717, 1.165) is 43.1 Å². The average molecular weight is 363 g/mol. The molecule has 1 saturated heterocycles. The van der Waals surface area contributed by atoms with Crippen LogP contribution in [-0.2, 0) is 0 Å². The Morgan fingerprint density at radius 3 is 2.22 bits per heavy atom. The van der Waals surface area contributed by atoms with E-state index in [1.165, 1.54) is 5.69 Å². The van der Waals surface area contributed by atoms with E-state index < -0.39 is 0 Å². The number of piperazine rings is 1. The minimum Gasteiger partial charge on any atom is -0.368 e. The van der Waals surface area contributed by atoms with Gasteiger partial charge in [0.25, 0.3) is 5.56 Å². The van der Waals surface area contributed by atoms with Gasteiger partial charge in [0.2, 0.25) is 0 Å². The maximum atomic E-state index is 12.6. The van der Waals surface area contributed by atoms with Gasteiger partial charge in [-0.25, -0.2) is 4.98 Å². The third-order valence-corrected chi connectivity index (χ3v) is 5.21. The quantitative estimate of drug-likeness (QED) is 0.716. The summed E-state index contributed by atoms with van der Waals surface area (Å²) < 4.78 is 1.68. The molecule has 1 aliphatic heterocycles. The average Bonchev–Trinajstić information content (AvgIpc) is 2.68. The van der Waals surface area contributed by atoms with Gasteiger partial charge >= 0.3 is 0 Å². The van der Waals surface area contributed by atoms with E-state index in [1.54, 1.807) is 10.9 Å². The van der Waals surface area contributed by atoms with Gasteiger partial charge in [0.15, 0.2) is 0 Å². The Morgan fingerprint density at radius 1 is 0.926 bits per heavy atom. The van der Waals surface area contributed by atoms with Gasteiger partial charge in [0, 0.05) is 55.5 Å². The van der Waals surface area contributed by atoms with Crippen LogP contribution in [-0.4, -0.2) is 40.7 Å². The summed E-state index contributed by atoms with van der Waals surface area (Å²) in [4.78, 5) is 26.1. The molecule has 0 atom stereocenters. The summed E-state index contributed by atoms with van der Waals surface area (Å²) >= 11 is 0. The van der Waals surface area contributed by atoms with Crippen molar-refractivity contribution < 1.29 is 0 Å². The van der Waals surface area contributed by atoms with Gasteiger partial charge in [-0.15, -0.1) is 0 Å². The second-order valence-electron chi connectivity index (χ2n) is 7.38. The minimum atomic E-state index is 0.0272. The summed E-state index contributed by atoms with van der Waals surface area (Å²) in [6, 6.07) is 10.3. The second kappa shape index (κ2) is 7.02. The molecule has 27 heavy (non-hydrogen) atoms. The molecule has 2 aromatic heterocycles. The highest BCUT2D eigenvalue weighted by atomic mass is 16.1. The van der Waals surface area contributed by atoms with E-state index >= 15 is 0 Å². The largest absolute Gasteiger partial charge is 0.368 e. The summed E-state index contributed by atoms with van der Waals surface area (Å²) in [6.07, 6.45) is 3.53. The van der Waals surface area contributed by atoms with Crippen molar-refractivity contribution in [1.29, 1.82) is 0 Å². The Morgan fingerprint density at radius 2 is 1.59 bits per heavy atom. The summed E-state index contributed by atoms with van der Waals surface area (Å²) in [5.41, 5.74) is 4.20. The molecule has 0 N–H and O–H groups in total. The van der Waals surface area contributed by atoms with E-state index in [4.69, 9.17) is 0 Å². The van der Waals surface area contributed by atoms with Crippen LogP contribution >= 0.6 is 0 Å². The van der Waals surface area contributed by atoms with Crippen LogP contribution in [0.1, 0.15) is 25.6 Å². The first kappa shape index (κ1) is 17.5. The zero-order chi connectivity index (χ0) is 19.0. The summed E-state index contributed by atoms with van der Waals surface area (Å²) in [6.45, 7) is 9.81. The summed E-state index contributed by atoms with van der Waals surface area (Å²) in [5.74, 6) is 0. The van der Waals surface area contributed by atoms with E-state index in [-0.39, 0.29) is 11.6 Å². The van der Waals surface area contributed by atoms with Crippen LogP contribution in [0.5, 0.6) is 0 Å². The molecule has 1 aromatic carbocycles. The van der Waals surface area contributed by atoms with Crippen LogP contribution < -0.4 is 15.4 Å². The molecule has 0 amide bonds. The van der Waals surface area contributed by atoms with Crippen molar-refractivity contribution in [3.63, 3.8) is 0 Å². The van der Waals surface area contributed by atoms with Gasteiger partial charge in [-0.3, -0.25) is 14.3 Å². The van der Waals surface area contributed by atoms with Crippen LogP contribution in [0, 0.1) is 6.92 Å². The predicted molar refractivity (Wildman–Crippen MR) is 110 cm³/mol.